The third kappa shape index (κ3) is 5.33. The number of hydrogen-bond donors (Lipinski definition) is 4. The number of halogens is 1. The molecule has 0 aliphatic carbocycles. The highest BCUT2D eigenvalue weighted by atomic mass is 19.1. The van der Waals surface area contributed by atoms with Gasteiger partial charge in [-0.15, -0.1) is 0 Å². The van der Waals surface area contributed by atoms with Crippen LogP contribution in [0.2, 0.25) is 0 Å². The van der Waals surface area contributed by atoms with E-state index < -0.39 is 28.7 Å². The number of nitrogens with one attached hydrogen (secondary N) is 1. The molecule has 7 nitrogen and oxygen atoms in total. The van der Waals surface area contributed by atoms with Crippen LogP contribution in [0.5, 0.6) is 11.5 Å². The minimum atomic E-state index is -1.91. The summed E-state index contributed by atoms with van der Waals surface area (Å²) < 4.78 is 19.0. The van der Waals surface area contributed by atoms with Crippen LogP contribution in [0.4, 0.5) is 10.1 Å². The summed E-state index contributed by atoms with van der Waals surface area (Å²) in [5, 5.41) is 34.4. The number of phenols is 2. The van der Waals surface area contributed by atoms with Gasteiger partial charge in [0.1, 0.15) is 29.5 Å². The Hall–Kier alpha value is -3.91. The van der Waals surface area contributed by atoms with Gasteiger partial charge in [0, 0.05) is 16.8 Å². The minimum Gasteiger partial charge on any atom is -0.508 e. The summed E-state index contributed by atoms with van der Waals surface area (Å²) >= 11 is 0. The molecular weight excluding hydrogens is 465 g/mol. The van der Waals surface area contributed by atoms with Gasteiger partial charge in [-0.3, -0.25) is 4.79 Å². The highest BCUT2D eigenvalue weighted by Gasteiger charge is 2.42. The Balaban J connectivity index is 1.62. The molecule has 0 spiro atoms. The molecule has 0 radical (unpaired) electrons. The smallest absolute Gasteiger partial charge is 0.338 e. The number of hydrogen-bond acceptors (Lipinski definition) is 6. The highest BCUT2D eigenvalue weighted by molar-refractivity contribution is 5.99. The predicted octanol–water partition coefficient (Wildman–Crippen LogP) is 4.58. The number of amides is 1. The van der Waals surface area contributed by atoms with E-state index in [1.807, 2.05) is 0 Å². The van der Waals surface area contributed by atoms with Crippen LogP contribution in [0, 0.1) is 5.82 Å². The maximum absolute atomic E-state index is 14.0. The summed E-state index contributed by atoms with van der Waals surface area (Å²) in [6.45, 7) is 3.55. The van der Waals surface area contributed by atoms with Crippen molar-refractivity contribution in [2.24, 2.45) is 0 Å². The first kappa shape index (κ1) is 25.2. The van der Waals surface area contributed by atoms with Gasteiger partial charge in [0.2, 0.25) is 0 Å². The van der Waals surface area contributed by atoms with E-state index in [4.69, 9.17) is 4.74 Å². The van der Waals surface area contributed by atoms with Crippen LogP contribution in [0.25, 0.3) is 0 Å². The molecule has 36 heavy (non-hydrogen) atoms. The van der Waals surface area contributed by atoms with Crippen LogP contribution in [0.3, 0.4) is 0 Å². The van der Waals surface area contributed by atoms with Crippen molar-refractivity contribution >= 4 is 17.6 Å². The lowest BCUT2D eigenvalue weighted by Crippen LogP contribution is -2.47. The molecule has 1 aliphatic rings. The van der Waals surface area contributed by atoms with E-state index >= 15 is 0 Å². The topological polar surface area (TPSA) is 116 Å². The summed E-state index contributed by atoms with van der Waals surface area (Å²) in [6.07, 6.45) is 0.227. The van der Waals surface area contributed by atoms with E-state index in [1.54, 1.807) is 44.2 Å². The van der Waals surface area contributed by atoms with Crippen molar-refractivity contribution in [3.8, 4) is 11.5 Å². The van der Waals surface area contributed by atoms with E-state index in [2.05, 4.69) is 5.32 Å². The number of carbonyl (C=O) groups is 2. The third-order valence-electron chi connectivity index (χ3n) is 6.55. The van der Waals surface area contributed by atoms with Gasteiger partial charge in [-0.2, -0.15) is 0 Å². The fourth-order valence-electron chi connectivity index (χ4n) is 4.63. The van der Waals surface area contributed by atoms with E-state index in [0.29, 0.717) is 23.2 Å². The molecule has 1 unspecified atom stereocenters. The number of esters is 1. The molecular formula is C28H28FNO6. The Morgan fingerprint density at radius 2 is 1.78 bits per heavy atom. The molecule has 3 aromatic rings. The number of fused-ring (bicyclic) bond motifs is 1. The van der Waals surface area contributed by atoms with Crippen molar-refractivity contribution in [2.75, 3.05) is 5.32 Å². The number of rotatable bonds is 8. The fourth-order valence-corrected chi connectivity index (χ4v) is 4.63. The quantitative estimate of drug-likeness (QED) is 0.342. The molecule has 4 N–H and O–H groups in total. The standard InChI is InChI=1S/C28H28FNO6/c1-27(2,23-14-19(29)5-10-24(23)32)16-28(35,12-11-17-3-7-21(31)8-4-17)26(34)30-20-6-9-22-18(13-20)15-36-25(22)33/h3-10,13-14,31-32,35H,11-12,15-16H2,1-2H3,(H,30,34). The maximum atomic E-state index is 14.0. The second kappa shape index (κ2) is 9.62. The number of carbonyl (C=O) groups excluding carboxylic acids is 2. The van der Waals surface area contributed by atoms with E-state index in [1.165, 1.54) is 24.3 Å². The predicted molar refractivity (Wildman–Crippen MR) is 131 cm³/mol. The van der Waals surface area contributed by atoms with Gasteiger partial charge < -0.3 is 25.4 Å². The molecule has 1 heterocycles. The summed E-state index contributed by atoms with van der Waals surface area (Å²) in [7, 11) is 0. The average molecular weight is 494 g/mol. The number of phenolic OH excluding ortho intramolecular Hbond substituents is 2. The molecule has 0 bridgehead atoms. The largest absolute Gasteiger partial charge is 0.508 e. The number of aliphatic hydroxyl groups is 1. The first-order valence-electron chi connectivity index (χ1n) is 11.6. The van der Waals surface area contributed by atoms with Crippen molar-refractivity contribution in [2.45, 2.75) is 50.7 Å². The van der Waals surface area contributed by atoms with Crippen LogP contribution in [-0.2, 0) is 28.0 Å². The van der Waals surface area contributed by atoms with Gasteiger partial charge in [-0.1, -0.05) is 26.0 Å². The SMILES string of the molecule is CC(C)(CC(O)(CCc1ccc(O)cc1)C(=O)Nc1ccc2c(c1)COC2=O)c1cc(F)ccc1O. The maximum Gasteiger partial charge on any atom is 0.338 e. The highest BCUT2D eigenvalue weighted by Crippen LogP contribution is 2.39. The number of aryl methyl sites for hydroxylation is 1. The van der Waals surface area contributed by atoms with E-state index in [-0.39, 0.29) is 36.5 Å². The minimum absolute atomic E-state index is 0.0235. The number of anilines is 1. The van der Waals surface area contributed by atoms with E-state index in [0.717, 1.165) is 11.6 Å². The first-order chi connectivity index (χ1) is 17.0. The second-order valence-corrected chi connectivity index (χ2v) is 9.82. The monoisotopic (exact) mass is 493 g/mol. The Kier molecular flexibility index (Phi) is 6.73. The fraction of sp³-hybridized carbons (Fsp3) is 0.286. The lowest BCUT2D eigenvalue weighted by atomic mass is 9.73. The summed E-state index contributed by atoms with van der Waals surface area (Å²) in [5.74, 6) is -1.66. The lowest BCUT2D eigenvalue weighted by Gasteiger charge is -2.36. The molecule has 3 aromatic carbocycles. The molecule has 8 heteroatoms. The van der Waals surface area contributed by atoms with Crippen molar-refractivity contribution in [3.63, 3.8) is 0 Å². The molecule has 0 saturated heterocycles. The van der Waals surface area contributed by atoms with Crippen LogP contribution >= 0.6 is 0 Å². The normalized spacial score (nSPS) is 14.6. The molecule has 0 aromatic heterocycles. The lowest BCUT2D eigenvalue weighted by molar-refractivity contribution is -0.137. The zero-order chi connectivity index (χ0) is 26.1. The van der Waals surface area contributed by atoms with Crippen LogP contribution in [-0.4, -0.2) is 32.8 Å². The number of cyclic esters (lactones) is 1. The Bertz CT molecular complexity index is 1300. The molecule has 1 atom stereocenters. The summed E-state index contributed by atoms with van der Waals surface area (Å²) in [6, 6.07) is 14.8. The summed E-state index contributed by atoms with van der Waals surface area (Å²) in [4.78, 5) is 25.2. The molecule has 4 rings (SSSR count). The molecule has 1 amide bonds. The molecule has 188 valence electrons. The molecule has 1 aliphatic heterocycles. The number of aromatic hydroxyl groups is 2. The van der Waals surface area contributed by atoms with Crippen molar-refractivity contribution < 1.29 is 34.0 Å². The van der Waals surface area contributed by atoms with Crippen molar-refractivity contribution in [3.05, 3.63) is 88.7 Å². The van der Waals surface area contributed by atoms with Gasteiger partial charge in [-0.05, 0) is 78.8 Å². The average Bonchev–Trinajstić information content (AvgIpc) is 3.20. The van der Waals surface area contributed by atoms with Crippen LogP contribution in [0.1, 0.15) is 53.7 Å². The second-order valence-electron chi connectivity index (χ2n) is 9.82. The van der Waals surface area contributed by atoms with Gasteiger partial charge >= 0.3 is 5.97 Å². The van der Waals surface area contributed by atoms with Crippen molar-refractivity contribution in [1.29, 1.82) is 0 Å². The Morgan fingerprint density at radius 3 is 2.50 bits per heavy atom. The van der Waals surface area contributed by atoms with Gasteiger partial charge in [0.15, 0.2) is 0 Å². The van der Waals surface area contributed by atoms with Crippen molar-refractivity contribution in [1.82, 2.24) is 0 Å². The number of benzene rings is 3. The zero-order valence-corrected chi connectivity index (χ0v) is 20.0. The van der Waals surface area contributed by atoms with Gasteiger partial charge in [0.05, 0.1) is 5.56 Å². The van der Waals surface area contributed by atoms with Gasteiger partial charge in [0.25, 0.3) is 5.91 Å². The van der Waals surface area contributed by atoms with Gasteiger partial charge in [-0.25, -0.2) is 9.18 Å². The number of ether oxygens (including phenoxy) is 1. The Morgan fingerprint density at radius 1 is 1.06 bits per heavy atom. The Labute approximate surface area is 208 Å². The summed E-state index contributed by atoms with van der Waals surface area (Å²) in [5.41, 5.74) is -0.359. The van der Waals surface area contributed by atoms with Crippen LogP contribution < -0.4 is 5.32 Å². The molecule has 0 fully saturated rings. The first-order valence-corrected chi connectivity index (χ1v) is 11.6. The molecule has 0 saturated carbocycles. The van der Waals surface area contributed by atoms with E-state index in [9.17, 15) is 29.3 Å². The zero-order valence-electron chi connectivity index (χ0n) is 20.0. The van der Waals surface area contributed by atoms with Crippen LogP contribution in [0.15, 0.2) is 60.7 Å². The third-order valence-corrected chi connectivity index (χ3v) is 6.55.